The highest BCUT2D eigenvalue weighted by molar-refractivity contribution is 5.08. The molecule has 0 saturated carbocycles. The Hall–Kier alpha value is -0.740. The minimum Gasteiger partial charge on any atom is -0.314 e. The van der Waals surface area contributed by atoms with Crippen molar-refractivity contribution in [3.05, 3.63) is 12.2 Å². The SMILES string of the molecule is C#C/C=C/CNCC. The lowest BCUT2D eigenvalue weighted by atomic mass is 10.5. The Morgan fingerprint density at radius 3 is 3.00 bits per heavy atom. The Kier molecular flexibility index (Phi) is 5.68. The van der Waals surface area contributed by atoms with Crippen molar-refractivity contribution in [1.29, 1.82) is 0 Å². The van der Waals surface area contributed by atoms with Crippen molar-refractivity contribution in [3.8, 4) is 12.3 Å². The zero-order chi connectivity index (χ0) is 6.24. The molecule has 0 heterocycles. The molecule has 0 radical (unpaired) electrons. The third-order valence-electron chi connectivity index (χ3n) is 0.726. The third-order valence-corrected chi connectivity index (χ3v) is 0.726. The van der Waals surface area contributed by atoms with Crippen LogP contribution >= 0.6 is 0 Å². The molecule has 0 atom stereocenters. The smallest absolute Gasteiger partial charge is 0.0144 e. The Morgan fingerprint density at radius 2 is 2.50 bits per heavy atom. The number of rotatable bonds is 3. The molecule has 0 aromatic rings. The van der Waals surface area contributed by atoms with Crippen molar-refractivity contribution in [2.45, 2.75) is 6.92 Å². The van der Waals surface area contributed by atoms with E-state index in [2.05, 4.69) is 18.2 Å². The van der Waals surface area contributed by atoms with Crippen LogP contribution in [0, 0.1) is 12.3 Å². The topological polar surface area (TPSA) is 12.0 Å². The number of hydrogen-bond donors (Lipinski definition) is 1. The summed E-state index contributed by atoms with van der Waals surface area (Å²) >= 11 is 0. The summed E-state index contributed by atoms with van der Waals surface area (Å²) < 4.78 is 0. The van der Waals surface area contributed by atoms with Crippen LogP contribution in [0.15, 0.2) is 12.2 Å². The average molecular weight is 109 g/mol. The van der Waals surface area contributed by atoms with Gasteiger partial charge in [0.15, 0.2) is 0 Å². The maximum Gasteiger partial charge on any atom is 0.0144 e. The molecule has 0 fully saturated rings. The number of terminal acetylenes is 1. The quantitative estimate of drug-likeness (QED) is 0.417. The van der Waals surface area contributed by atoms with E-state index in [1.54, 1.807) is 6.08 Å². The van der Waals surface area contributed by atoms with Gasteiger partial charge in [0.1, 0.15) is 0 Å². The molecule has 1 N–H and O–H groups in total. The maximum atomic E-state index is 4.95. The van der Waals surface area contributed by atoms with Gasteiger partial charge in [-0.1, -0.05) is 18.9 Å². The summed E-state index contributed by atoms with van der Waals surface area (Å²) in [6.07, 6.45) is 8.56. The molecule has 0 aliphatic rings. The maximum absolute atomic E-state index is 4.95. The predicted molar refractivity (Wildman–Crippen MR) is 36.5 cm³/mol. The fraction of sp³-hybridized carbons (Fsp3) is 0.429. The van der Waals surface area contributed by atoms with E-state index in [0.29, 0.717) is 0 Å². The molecule has 0 spiro atoms. The highest BCUT2D eigenvalue weighted by Crippen LogP contribution is 1.64. The summed E-state index contributed by atoms with van der Waals surface area (Å²) in [6.45, 7) is 3.93. The molecule has 0 aromatic heterocycles. The van der Waals surface area contributed by atoms with Crippen molar-refractivity contribution in [2.75, 3.05) is 13.1 Å². The molecule has 0 saturated heterocycles. The van der Waals surface area contributed by atoms with Crippen molar-refractivity contribution in [1.82, 2.24) is 5.32 Å². The van der Waals surface area contributed by atoms with Gasteiger partial charge in [-0.05, 0) is 12.6 Å². The largest absolute Gasteiger partial charge is 0.314 e. The second kappa shape index (κ2) is 6.26. The number of likely N-dealkylation sites (N-methyl/N-ethyl adjacent to an activating group) is 1. The lowest BCUT2D eigenvalue weighted by Crippen LogP contribution is -2.11. The number of nitrogens with one attached hydrogen (secondary N) is 1. The molecule has 0 bridgehead atoms. The van der Waals surface area contributed by atoms with Gasteiger partial charge in [-0.3, -0.25) is 0 Å². The zero-order valence-corrected chi connectivity index (χ0v) is 5.15. The van der Waals surface area contributed by atoms with Crippen LogP contribution in [0.2, 0.25) is 0 Å². The van der Waals surface area contributed by atoms with Gasteiger partial charge in [-0.15, -0.1) is 6.42 Å². The summed E-state index contributed by atoms with van der Waals surface area (Å²) in [5.41, 5.74) is 0. The highest BCUT2D eigenvalue weighted by Gasteiger charge is 1.69. The van der Waals surface area contributed by atoms with Crippen molar-refractivity contribution >= 4 is 0 Å². The summed E-state index contributed by atoms with van der Waals surface area (Å²) in [5.74, 6) is 2.41. The summed E-state index contributed by atoms with van der Waals surface area (Å²) in [6, 6.07) is 0. The molecule has 0 amide bonds. The van der Waals surface area contributed by atoms with Gasteiger partial charge in [-0.2, -0.15) is 0 Å². The van der Waals surface area contributed by atoms with E-state index in [9.17, 15) is 0 Å². The van der Waals surface area contributed by atoms with E-state index in [4.69, 9.17) is 6.42 Å². The molecule has 1 nitrogen and oxygen atoms in total. The van der Waals surface area contributed by atoms with Crippen LogP contribution in [0.1, 0.15) is 6.92 Å². The van der Waals surface area contributed by atoms with Crippen LogP contribution in [-0.2, 0) is 0 Å². The first kappa shape index (κ1) is 7.26. The second-order valence-electron chi connectivity index (χ2n) is 1.38. The number of hydrogen-bond acceptors (Lipinski definition) is 1. The summed E-state index contributed by atoms with van der Waals surface area (Å²) in [4.78, 5) is 0. The van der Waals surface area contributed by atoms with E-state index < -0.39 is 0 Å². The van der Waals surface area contributed by atoms with Crippen molar-refractivity contribution < 1.29 is 0 Å². The molecule has 0 aliphatic heterocycles. The monoisotopic (exact) mass is 109 g/mol. The van der Waals surface area contributed by atoms with Crippen LogP contribution in [-0.4, -0.2) is 13.1 Å². The first-order valence-corrected chi connectivity index (χ1v) is 2.73. The highest BCUT2D eigenvalue weighted by atomic mass is 14.8. The molecular weight excluding hydrogens is 98.1 g/mol. The van der Waals surface area contributed by atoms with Gasteiger partial charge in [0, 0.05) is 6.54 Å². The van der Waals surface area contributed by atoms with Gasteiger partial charge in [0.05, 0.1) is 0 Å². The van der Waals surface area contributed by atoms with Gasteiger partial charge in [-0.25, -0.2) is 0 Å². The normalized spacial score (nSPS) is 9.50. The molecule has 44 valence electrons. The molecular formula is C7H11N. The Labute approximate surface area is 50.8 Å². The van der Waals surface area contributed by atoms with Crippen LogP contribution in [0.4, 0.5) is 0 Å². The minimum atomic E-state index is 0.876. The Morgan fingerprint density at radius 1 is 1.75 bits per heavy atom. The van der Waals surface area contributed by atoms with Crippen LogP contribution < -0.4 is 5.32 Å². The van der Waals surface area contributed by atoms with Crippen molar-refractivity contribution in [3.63, 3.8) is 0 Å². The van der Waals surface area contributed by atoms with E-state index in [-0.39, 0.29) is 0 Å². The van der Waals surface area contributed by atoms with Gasteiger partial charge in [0.2, 0.25) is 0 Å². The molecule has 0 rings (SSSR count). The van der Waals surface area contributed by atoms with E-state index >= 15 is 0 Å². The first-order chi connectivity index (χ1) is 3.91. The Balaban J connectivity index is 2.94. The predicted octanol–water partition coefficient (Wildman–Crippen LogP) is 0.785. The average Bonchev–Trinajstić information content (AvgIpc) is 1.81. The van der Waals surface area contributed by atoms with Gasteiger partial charge < -0.3 is 5.32 Å². The van der Waals surface area contributed by atoms with Crippen LogP contribution in [0.25, 0.3) is 0 Å². The molecule has 0 aliphatic carbocycles. The lowest BCUT2D eigenvalue weighted by molar-refractivity contribution is 0.799. The fourth-order valence-electron chi connectivity index (χ4n) is 0.355. The van der Waals surface area contributed by atoms with E-state index in [1.165, 1.54) is 0 Å². The minimum absolute atomic E-state index is 0.876. The molecule has 0 unspecified atom stereocenters. The third kappa shape index (κ3) is 5.26. The van der Waals surface area contributed by atoms with Crippen LogP contribution in [0.3, 0.4) is 0 Å². The molecule has 0 aromatic carbocycles. The zero-order valence-electron chi connectivity index (χ0n) is 5.15. The molecule has 1 heteroatoms. The van der Waals surface area contributed by atoms with Crippen molar-refractivity contribution in [2.24, 2.45) is 0 Å². The summed E-state index contributed by atoms with van der Waals surface area (Å²) in [7, 11) is 0. The van der Waals surface area contributed by atoms with E-state index in [0.717, 1.165) is 13.1 Å². The number of allylic oxidation sites excluding steroid dienone is 1. The summed E-state index contributed by atoms with van der Waals surface area (Å²) in [5, 5.41) is 3.10. The van der Waals surface area contributed by atoms with Gasteiger partial charge in [0.25, 0.3) is 0 Å². The Bertz CT molecular complexity index is 97.4. The lowest BCUT2D eigenvalue weighted by Gasteiger charge is -1.89. The standard InChI is InChI=1S/C7H11N/c1-3-5-6-7-8-4-2/h1,5-6,8H,4,7H2,2H3/b6-5+. The van der Waals surface area contributed by atoms with E-state index in [1.807, 2.05) is 6.08 Å². The fourth-order valence-corrected chi connectivity index (χ4v) is 0.355. The van der Waals surface area contributed by atoms with Gasteiger partial charge >= 0.3 is 0 Å². The van der Waals surface area contributed by atoms with Crippen LogP contribution in [0.5, 0.6) is 0 Å². The first-order valence-electron chi connectivity index (χ1n) is 2.73. The molecule has 8 heavy (non-hydrogen) atoms. The second-order valence-corrected chi connectivity index (χ2v) is 1.38.